The van der Waals surface area contributed by atoms with Crippen molar-refractivity contribution in [2.45, 2.75) is 26.4 Å². The summed E-state index contributed by atoms with van der Waals surface area (Å²) < 4.78 is 1.05. The van der Waals surface area contributed by atoms with E-state index in [0.717, 1.165) is 36.1 Å². The topological polar surface area (TPSA) is 26.7 Å². The highest BCUT2D eigenvalue weighted by atomic mass is 79.9. The number of hydrogen-bond donors (Lipinski definition) is 1. The Morgan fingerprint density at radius 1 is 1.26 bits per heavy atom. The van der Waals surface area contributed by atoms with Gasteiger partial charge in [-0.15, -0.1) is 0 Å². The average Bonchev–Trinajstić information content (AvgIpc) is 2.34. The first-order valence-electron chi connectivity index (χ1n) is 6.83. The molecule has 0 saturated carbocycles. The Bertz CT molecular complexity index is 394. The smallest absolute Gasteiger partial charge is 0.0762 e. The Labute approximate surface area is 125 Å². The van der Waals surface area contributed by atoms with Crippen molar-refractivity contribution < 1.29 is 5.11 Å². The van der Waals surface area contributed by atoms with Crippen molar-refractivity contribution >= 4 is 21.6 Å². The molecule has 0 bridgehead atoms. The molecular weight excluding hydrogens is 304 g/mol. The van der Waals surface area contributed by atoms with Gasteiger partial charge in [-0.05, 0) is 74.5 Å². The fourth-order valence-electron chi connectivity index (χ4n) is 2.07. The summed E-state index contributed by atoms with van der Waals surface area (Å²) in [5.41, 5.74) is 2.14. The Morgan fingerprint density at radius 3 is 2.42 bits per heavy atom. The van der Waals surface area contributed by atoms with Gasteiger partial charge >= 0.3 is 0 Å². The van der Waals surface area contributed by atoms with Gasteiger partial charge < -0.3 is 14.9 Å². The van der Waals surface area contributed by atoms with Gasteiger partial charge in [0.15, 0.2) is 0 Å². The van der Waals surface area contributed by atoms with Crippen LogP contribution < -0.4 is 4.90 Å². The largest absolute Gasteiger partial charge is 0.389 e. The highest BCUT2D eigenvalue weighted by Crippen LogP contribution is 2.29. The van der Waals surface area contributed by atoms with Gasteiger partial charge in [0.1, 0.15) is 0 Å². The lowest BCUT2D eigenvalue weighted by Crippen LogP contribution is -2.27. The monoisotopic (exact) mass is 328 g/mol. The zero-order valence-corrected chi connectivity index (χ0v) is 13.9. The predicted octanol–water partition coefficient (Wildman–Crippen LogP) is 3.28. The van der Waals surface area contributed by atoms with Crippen LogP contribution in [0.4, 0.5) is 5.69 Å². The van der Waals surface area contributed by atoms with E-state index in [0.29, 0.717) is 0 Å². The lowest BCUT2D eigenvalue weighted by Gasteiger charge is -2.25. The summed E-state index contributed by atoms with van der Waals surface area (Å²) in [6.45, 7) is 7.09. The van der Waals surface area contributed by atoms with Crippen molar-refractivity contribution in [3.8, 4) is 0 Å². The molecule has 0 spiro atoms. The summed E-state index contributed by atoms with van der Waals surface area (Å²) >= 11 is 3.61. The van der Waals surface area contributed by atoms with Gasteiger partial charge in [-0.1, -0.05) is 6.07 Å². The zero-order valence-electron chi connectivity index (χ0n) is 12.4. The third-order valence-corrected chi connectivity index (χ3v) is 3.85. The molecule has 0 heterocycles. The molecule has 1 atom stereocenters. The number of anilines is 1. The highest BCUT2D eigenvalue weighted by molar-refractivity contribution is 9.10. The van der Waals surface area contributed by atoms with Crippen molar-refractivity contribution in [2.24, 2.45) is 0 Å². The molecule has 1 aromatic carbocycles. The van der Waals surface area contributed by atoms with Gasteiger partial charge in [0.05, 0.1) is 11.8 Å². The first-order valence-corrected chi connectivity index (χ1v) is 7.62. The van der Waals surface area contributed by atoms with Crippen molar-refractivity contribution in [1.29, 1.82) is 0 Å². The van der Waals surface area contributed by atoms with Crippen LogP contribution in [-0.4, -0.2) is 43.7 Å². The third kappa shape index (κ3) is 5.13. The second kappa shape index (κ2) is 7.88. The molecule has 3 nitrogen and oxygen atoms in total. The molecule has 108 valence electrons. The first-order chi connectivity index (χ1) is 8.95. The maximum atomic E-state index is 9.60. The van der Waals surface area contributed by atoms with Crippen LogP contribution in [0.1, 0.15) is 31.9 Å². The van der Waals surface area contributed by atoms with E-state index in [4.69, 9.17) is 0 Å². The number of hydrogen-bond acceptors (Lipinski definition) is 3. The standard InChI is InChI=1S/C15H25BrN2O/c1-5-18(10-6-9-17(3)4)15-8-7-13(12(2)19)11-14(15)16/h7-8,11-12,19H,5-6,9-10H2,1-4H3/t12-/m1/s1. The molecule has 1 aromatic rings. The van der Waals surface area contributed by atoms with E-state index in [1.54, 1.807) is 6.92 Å². The van der Waals surface area contributed by atoms with Crippen molar-refractivity contribution in [1.82, 2.24) is 4.90 Å². The van der Waals surface area contributed by atoms with Crippen molar-refractivity contribution in [3.63, 3.8) is 0 Å². The summed E-state index contributed by atoms with van der Waals surface area (Å²) in [7, 11) is 4.20. The van der Waals surface area contributed by atoms with Crippen LogP contribution >= 0.6 is 15.9 Å². The summed E-state index contributed by atoms with van der Waals surface area (Å²) in [4.78, 5) is 4.57. The van der Waals surface area contributed by atoms with Crippen LogP contribution in [0.5, 0.6) is 0 Å². The summed E-state index contributed by atoms with van der Waals surface area (Å²) in [6, 6.07) is 6.10. The van der Waals surface area contributed by atoms with Gasteiger partial charge in [0.2, 0.25) is 0 Å². The minimum Gasteiger partial charge on any atom is -0.389 e. The molecule has 0 aromatic heterocycles. The molecule has 0 aliphatic carbocycles. The fourth-order valence-corrected chi connectivity index (χ4v) is 2.71. The van der Waals surface area contributed by atoms with Crippen LogP contribution in [0.2, 0.25) is 0 Å². The summed E-state index contributed by atoms with van der Waals surface area (Å²) in [5.74, 6) is 0. The maximum absolute atomic E-state index is 9.60. The second-order valence-electron chi connectivity index (χ2n) is 5.12. The predicted molar refractivity (Wildman–Crippen MR) is 85.8 cm³/mol. The molecule has 1 N–H and O–H groups in total. The van der Waals surface area contributed by atoms with Crippen LogP contribution in [0.15, 0.2) is 22.7 Å². The van der Waals surface area contributed by atoms with Crippen molar-refractivity contribution in [2.75, 3.05) is 38.6 Å². The van der Waals surface area contributed by atoms with Crippen LogP contribution in [0.25, 0.3) is 0 Å². The van der Waals surface area contributed by atoms with Gasteiger partial charge in [0.25, 0.3) is 0 Å². The van der Waals surface area contributed by atoms with Gasteiger partial charge in [-0.25, -0.2) is 0 Å². The van der Waals surface area contributed by atoms with Crippen LogP contribution in [0.3, 0.4) is 0 Å². The van der Waals surface area contributed by atoms with Crippen LogP contribution in [-0.2, 0) is 0 Å². The number of rotatable bonds is 7. The van der Waals surface area contributed by atoms with Crippen molar-refractivity contribution in [3.05, 3.63) is 28.2 Å². The number of halogens is 1. The van der Waals surface area contributed by atoms with Crippen LogP contribution in [0, 0.1) is 0 Å². The molecule has 0 saturated heterocycles. The third-order valence-electron chi connectivity index (χ3n) is 3.21. The lowest BCUT2D eigenvalue weighted by molar-refractivity contribution is 0.199. The fraction of sp³-hybridized carbons (Fsp3) is 0.600. The number of nitrogens with zero attached hydrogens (tertiary/aromatic N) is 2. The summed E-state index contributed by atoms with van der Waals surface area (Å²) in [5, 5.41) is 9.60. The molecule has 0 unspecified atom stereocenters. The van der Waals surface area contributed by atoms with Gasteiger partial charge in [0, 0.05) is 17.6 Å². The van der Waals surface area contributed by atoms with E-state index in [9.17, 15) is 5.11 Å². The second-order valence-corrected chi connectivity index (χ2v) is 5.98. The minimum atomic E-state index is -0.422. The molecule has 1 rings (SSSR count). The van der Waals surface area contributed by atoms with E-state index in [-0.39, 0.29) is 0 Å². The molecule has 0 fully saturated rings. The highest BCUT2D eigenvalue weighted by Gasteiger charge is 2.10. The maximum Gasteiger partial charge on any atom is 0.0762 e. The number of aliphatic hydroxyl groups excluding tert-OH is 1. The number of benzene rings is 1. The molecule has 4 heteroatoms. The Hall–Kier alpha value is -0.580. The lowest BCUT2D eigenvalue weighted by atomic mass is 10.1. The average molecular weight is 329 g/mol. The Morgan fingerprint density at radius 2 is 1.95 bits per heavy atom. The SMILES string of the molecule is CCN(CCCN(C)C)c1ccc([C@@H](C)O)cc1Br. The zero-order chi connectivity index (χ0) is 14.4. The van der Waals surface area contributed by atoms with E-state index in [1.165, 1.54) is 5.69 Å². The molecule has 0 aliphatic heterocycles. The van der Waals surface area contributed by atoms with Gasteiger partial charge in [-0.2, -0.15) is 0 Å². The van der Waals surface area contributed by atoms with E-state index in [1.807, 2.05) is 12.1 Å². The minimum absolute atomic E-state index is 0.422. The molecule has 0 aliphatic rings. The molecule has 19 heavy (non-hydrogen) atoms. The Kier molecular flexibility index (Phi) is 6.83. The van der Waals surface area contributed by atoms with E-state index >= 15 is 0 Å². The quantitative estimate of drug-likeness (QED) is 0.832. The summed E-state index contributed by atoms with van der Waals surface area (Å²) in [6.07, 6.45) is 0.722. The van der Waals surface area contributed by atoms with Gasteiger partial charge in [-0.3, -0.25) is 0 Å². The molecule has 0 radical (unpaired) electrons. The first kappa shape index (κ1) is 16.5. The number of aliphatic hydroxyl groups is 1. The van der Waals surface area contributed by atoms with E-state index < -0.39 is 6.10 Å². The molecular formula is C15H25BrN2O. The Balaban J connectivity index is 2.75. The van der Waals surface area contributed by atoms with E-state index in [2.05, 4.69) is 52.8 Å². The molecule has 0 amide bonds. The normalized spacial score (nSPS) is 12.8.